The fourth-order valence-electron chi connectivity index (χ4n) is 1.76. The monoisotopic (exact) mass is 294 g/mol. The lowest BCUT2D eigenvalue weighted by molar-refractivity contribution is 0.0605. The normalized spacial score (nSPS) is 10.4. The number of hydrogen-bond acceptors (Lipinski definition) is 5. The zero-order chi connectivity index (χ0) is 14.7. The molecule has 0 N–H and O–H groups in total. The molecule has 0 aliphatic heterocycles. The van der Waals surface area contributed by atoms with Crippen LogP contribution in [0.1, 0.15) is 20.9 Å². The average molecular weight is 294 g/mol. The Bertz CT molecular complexity index is 610. The fourth-order valence-corrected chi connectivity index (χ4v) is 2.70. The Balaban J connectivity index is 2.15. The lowest BCUT2D eigenvalue weighted by Gasteiger charge is -2.15. The number of anilines is 1. The summed E-state index contributed by atoms with van der Waals surface area (Å²) in [6.07, 6.45) is 0. The topological polar surface area (TPSA) is 42.4 Å². The number of ether oxygens (including phenoxy) is 1. The molecular formula is C14H15FN2O2S. The third-order valence-electron chi connectivity index (χ3n) is 2.82. The first-order valence-corrected chi connectivity index (χ1v) is 6.84. The van der Waals surface area contributed by atoms with Crippen molar-refractivity contribution >= 4 is 22.4 Å². The maximum atomic E-state index is 12.9. The maximum absolute atomic E-state index is 12.9. The first-order chi connectivity index (χ1) is 9.51. The molecule has 0 saturated carbocycles. The van der Waals surface area contributed by atoms with E-state index in [9.17, 15) is 9.18 Å². The van der Waals surface area contributed by atoms with E-state index in [1.807, 2.05) is 11.9 Å². The molecule has 2 rings (SSSR count). The largest absolute Gasteiger partial charge is 0.465 e. The Hall–Kier alpha value is -1.95. The zero-order valence-corrected chi connectivity index (χ0v) is 12.3. The SMILES string of the molecule is COC(=O)c1sc(N(C)Cc2ccc(F)cc2)nc1C. The number of thiazole rings is 1. The minimum absolute atomic E-state index is 0.255. The lowest BCUT2D eigenvalue weighted by atomic mass is 10.2. The number of aryl methyl sites for hydroxylation is 1. The van der Waals surface area contributed by atoms with Gasteiger partial charge in [-0.25, -0.2) is 14.2 Å². The molecule has 0 bridgehead atoms. The van der Waals surface area contributed by atoms with Crippen molar-refractivity contribution in [3.8, 4) is 0 Å². The van der Waals surface area contributed by atoms with E-state index in [1.54, 1.807) is 19.1 Å². The molecular weight excluding hydrogens is 279 g/mol. The van der Waals surface area contributed by atoms with Crippen LogP contribution in [0.15, 0.2) is 24.3 Å². The molecule has 0 saturated heterocycles. The zero-order valence-electron chi connectivity index (χ0n) is 11.5. The van der Waals surface area contributed by atoms with Crippen molar-refractivity contribution in [2.75, 3.05) is 19.1 Å². The van der Waals surface area contributed by atoms with Crippen LogP contribution < -0.4 is 4.90 Å². The van der Waals surface area contributed by atoms with Crippen LogP contribution in [0.3, 0.4) is 0 Å². The average Bonchev–Trinajstić information content (AvgIpc) is 2.82. The van der Waals surface area contributed by atoms with Gasteiger partial charge in [0.05, 0.1) is 12.8 Å². The first kappa shape index (κ1) is 14.5. The molecule has 0 amide bonds. The number of hydrogen-bond donors (Lipinski definition) is 0. The number of benzene rings is 1. The highest BCUT2D eigenvalue weighted by molar-refractivity contribution is 7.17. The quantitative estimate of drug-likeness (QED) is 0.813. The maximum Gasteiger partial charge on any atom is 0.350 e. The van der Waals surface area contributed by atoms with Crippen molar-refractivity contribution < 1.29 is 13.9 Å². The Morgan fingerprint density at radius 2 is 2.05 bits per heavy atom. The molecule has 0 aliphatic rings. The van der Waals surface area contributed by atoms with Crippen LogP contribution in [0.4, 0.5) is 9.52 Å². The predicted octanol–water partition coefficient (Wildman–Crippen LogP) is 3.01. The van der Waals surface area contributed by atoms with E-state index in [-0.39, 0.29) is 11.8 Å². The molecule has 0 unspecified atom stereocenters. The van der Waals surface area contributed by atoms with Gasteiger partial charge in [-0.3, -0.25) is 0 Å². The van der Waals surface area contributed by atoms with Crippen LogP contribution in [0, 0.1) is 12.7 Å². The molecule has 20 heavy (non-hydrogen) atoms. The fraction of sp³-hybridized carbons (Fsp3) is 0.286. The minimum atomic E-state index is -0.374. The number of rotatable bonds is 4. The number of carbonyl (C=O) groups excluding carboxylic acids is 1. The van der Waals surface area contributed by atoms with E-state index in [0.29, 0.717) is 17.1 Å². The smallest absolute Gasteiger partial charge is 0.350 e. The van der Waals surface area contributed by atoms with Gasteiger partial charge in [-0.2, -0.15) is 0 Å². The summed E-state index contributed by atoms with van der Waals surface area (Å²) in [5.41, 5.74) is 1.63. The molecule has 2 aromatic rings. The number of esters is 1. The van der Waals surface area contributed by atoms with Gasteiger partial charge in [0.1, 0.15) is 10.7 Å². The Morgan fingerprint density at radius 1 is 1.40 bits per heavy atom. The summed E-state index contributed by atoms with van der Waals surface area (Å²) in [6.45, 7) is 2.37. The van der Waals surface area contributed by atoms with Crippen molar-refractivity contribution in [3.63, 3.8) is 0 Å². The summed E-state index contributed by atoms with van der Waals surface area (Å²) < 4.78 is 17.6. The van der Waals surface area contributed by atoms with Gasteiger partial charge in [-0.15, -0.1) is 0 Å². The Kier molecular flexibility index (Phi) is 4.34. The van der Waals surface area contributed by atoms with Crippen LogP contribution in [0.25, 0.3) is 0 Å². The van der Waals surface area contributed by atoms with Crippen molar-refractivity contribution in [3.05, 3.63) is 46.2 Å². The molecule has 6 heteroatoms. The lowest BCUT2D eigenvalue weighted by Crippen LogP contribution is -2.16. The molecule has 4 nitrogen and oxygen atoms in total. The van der Waals surface area contributed by atoms with Gasteiger partial charge in [0, 0.05) is 13.6 Å². The number of nitrogens with zero attached hydrogens (tertiary/aromatic N) is 2. The molecule has 1 aromatic carbocycles. The van der Waals surface area contributed by atoms with Crippen LogP contribution in [-0.2, 0) is 11.3 Å². The summed E-state index contributed by atoms with van der Waals surface area (Å²) in [5.74, 6) is -0.629. The molecule has 0 fully saturated rings. The third kappa shape index (κ3) is 3.14. The highest BCUT2D eigenvalue weighted by Gasteiger charge is 2.17. The Morgan fingerprint density at radius 3 is 2.65 bits per heavy atom. The number of carbonyl (C=O) groups is 1. The van der Waals surface area contributed by atoms with Crippen molar-refractivity contribution in [2.24, 2.45) is 0 Å². The minimum Gasteiger partial charge on any atom is -0.465 e. The summed E-state index contributed by atoms with van der Waals surface area (Å²) in [4.78, 5) is 18.3. The summed E-state index contributed by atoms with van der Waals surface area (Å²) in [6, 6.07) is 6.31. The van der Waals surface area contributed by atoms with Crippen LogP contribution in [0.5, 0.6) is 0 Å². The Labute approximate surface area is 120 Å². The van der Waals surface area contributed by atoms with Crippen LogP contribution >= 0.6 is 11.3 Å². The number of halogens is 1. The molecule has 106 valence electrons. The van der Waals surface area contributed by atoms with Crippen LogP contribution in [0.2, 0.25) is 0 Å². The summed E-state index contributed by atoms with van der Waals surface area (Å²) in [7, 11) is 3.23. The highest BCUT2D eigenvalue weighted by atomic mass is 32.1. The molecule has 0 radical (unpaired) electrons. The van der Waals surface area contributed by atoms with E-state index in [0.717, 1.165) is 10.7 Å². The van der Waals surface area contributed by atoms with Gasteiger partial charge in [0.25, 0.3) is 0 Å². The van der Waals surface area contributed by atoms with E-state index in [2.05, 4.69) is 4.98 Å². The standard InChI is InChI=1S/C14H15FN2O2S/c1-9-12(13(18)19-3)20-14(16-9)17(2)8-10-4-6-11(15)7-5-10/h4-7H,8H2,1-3H3. The molecule has 1 aromatic heterocycles. The van der Waals surface area contributed by atoms with Gasteiger partial charge >= 0.3 is 5.97 Å². The van der Waals surface area contributed by atoms with E-state index >= 15 is 0 Å². The number of methoxy groups -OCH3 is 1. The van der Waals surface area contributed by atoms with E-state index in [1.165, 1.54) is 30.6 Å². The van der Waals surface area contributed by atoms with Crippen molar-refractivity contribution in [1.29, 1.82) is 0 Å². The van der Waals surface area contributed by atoms with Crippen LogP contribution in [-0.4, -0.2) is 25.1 Å². The summed E-state index contributed by atoms with van der Waals surface area (Å²) >= 11 is 1.29. The third-order valence-corrected chi connectivity index (χ3v) is 4.07. The van der Waals surface area contributed by atoms with E-state index in [4.69, 9.17) is 4.74 Å². The van der Waals surface area contributed by atoms with Gasteiger partial charge in [0.2, 0.25) is 0 Å². The molecule has 0 aliphatic carbocycles. The second-order valence-electron chi connectivity index (χ2n) is 4.39. The van der Waals surface area contributed by atoms with Gasteiger partial charge in [-0.05, 0) is 24.6 Å². The molecule has 0 atom stereocenters. The molecule has 1 heterocycles. The van der Waals surface area contributed by atoms with E-state index < -0.39 is 0 Å². The second-order valence-corrected chi connectivity index (χ2v) is 5.36. The highest BCUT2D eigenvalue weighted by Crippen LogP contribution is 2.26. The predicted molar refractivity (Wildman–Crippen MR) is 76.7 cm³/mol. The van der Waals surface area contributed by atoms with Crippen molar-refractivity contribution in [2.45, 2.75) is 13.5 Å². The second kappa shape index (κ2) is 6.00. The summed E-state index contributed by atoms with van der Waals surface area (Å²) in [5, 5.41) is 0.729. The van der Waals surface area contributed by atoms with Gasteiger partial charge < -0.3 is 9.64 Å². The van der Waals surface area contributed by atoms with Gasteiger partial charge in [-0.1, -0.05) is 23.5 Å². The first-order valence-electron chi connectivity index (χ1n) is 6.02. The van der Waals surface area contributed by atoms with Gasteiger partial charge in [0.15, 0.2) is 5.13 Å². The van der Waals surface area contributed by atoms with Crippen molar-refractivity contribution in [1.82, 2.24) is 4.98 Å². The number of aromatic nitrogens is 1. The molecule has 0 spiro atoms.